The van der Waals surface area contributed by atoms with Crippen molar-refractivity contribution in [3.8, 4) is 11.5 Å². The van der Waals surface area contributed by atoms with Crippen LogP contribution in [0, 0.1) is 0 Å². The normalized spacial score (nSPS) is 13.4. The molecular formula is C20H15BrN2O7. The summed E-state index contributed by atoms with van der Waals surface area (Å²) in [6.07, 6.45) is 1.32. The number of carbonyl (C=O) groups excluding carboxylic acids is 3. The number of nitrogens with one attached hydrogen (secondary N) is 2. The maximum atomic E-state index is 11.9. The largest absolute Gasteiger partial charge is 0.493 e. The number of rotatable bonds is 6. The molecule has 4 amide bonds. The summed E-state index contributed by atoms with van der Waals surface area (Å²) in [6.45, 7) is 0.155. The Morgan fingerprint density at radius 2 is 1.73 bits per heavy atom. The Balaban J connectivity index is 1.83. The first-order valence-corrected chi connectivity index (χ1v) is 9.28. The third-order valence-electron chi connectivity index (χ3n) is 4.09. The summed E-state index contributed by atoms with van der Waals surface area (Å²) >= 11 is 3.38. The molecule has 0 spiro atoms. The zero-order chi connectivity index (χ0) is 21.8. The number of halogens is 1. The Hall–Kier alpha value is -3.66. The first-order valence-electron chi connectivity index (χ1n) is 8.49. The fourth-order valence-electron chi connectivity index (χ4n) is 2.64. The van der Waals surface area contributed by atoms with Crippen LogP contribution in [0.1, 0.15) is 21.5 Å². The highest BCUT2D eigenvalue weighted by molar-refractivity contribution is 9.10. The molecular weight excluding hydrogens is 460 g/mol. The summed E-state index contributed by atoms with van der Waals surface area (Å²) in [5.41, 5.74) is 1.16. The topological polar surface area (TPSA) is 131 Å². The number of carboxylic acids is 1. The first-order chi connectivity index (χ1) is 14.3. The minimum absolute atomic E-state index is 0.155. The summed E-state index contributed by atoms with van der Waals surface area (Å²) in [5.74, 6) is -1.89. The van der Waals surface area contributed by atoms with Gasteiger partial charge in [0.2, 0.25) is 0 Å². The third-order valence-corrected chi connectivity index (χ3v) is 4.68. The summed E-state index contributed by atoms with van der Waals surface area (Å²) in [7, 11) is 1.44. The minimum atomic E-state index is -1.01. The van der Waals surface area contributed by atoms with Gasteiger partial charge in [-0.2, -0.15) is 0 Å². The van der Waals surface area contributed by atoms with Crippen molar-refractivity contribution >= 4 is 45.8 Å². The third kappa shape index (κ3) is 4.66. The number of benzene rings is 2. The lowest BCUT2D eigenvalue weighted by Crippen LogP contribution is -2.51. The molecule has 0 bridgehead atoms. The number of urea groups is 1. The van der Waals surface area contributed by atoms with Crippen LogP contribution in [0.3, 0.4) is 0 Å². The number of ether oxygens (including phenoxy) is 2. The fourth-order valence-corrected chi connectivity index (χ4v) is 3.21. The molecule has 0 aromatic heterocycles. The second-order valence-corrected chi connectivity index (χ2v) is 6.97. The molecule has 1 fully saturated rings. The lowest BCUT2D eigenvalue weighted by atomic mass is 10.1. The maximum absolute atomic E-state index is 11.9. The molecule has 0 unspecified atom stereocenters. The summed E-state index contributed by atoms with van der Waals surface area (Å²) in [4.78, 5) is 45.9. The number of methoxy groups -OCH3 is 1. The number of hydrogen-bond donors (Lipinski definition) is 3. The SMILES string of the molecule is COc1cc(C=C2C(=O)NC(=O)NC2=O)cc(Br)c1OCc1ccc(C(=O)O)cc1. The van der Waals surface area contributed by atoms with E-state index in [1.54, 1.807) is 24.3 Å². The molecule has 0 aliphatic carbocycles. The molecule has 3 rings (SSSR count). The van der Waals surface area contributed by atoms with E-state index in [1.807, 2.05) is 10.6 Å². The van der Waals surface area contributed by atoms with E-state index in [4.69, 9.17) is 14.6 Å². The average Bonchev–Trinajstić information content (AvgIpc) is 2.69. The zero-order valence-electron chi connectivity index (χ0n) is 15.5. The highest BCUT2D eigenvalue weighted by Gasteiger charge is 2.27. The number of aromatic carboxylic acids is 1. The van der Waals surface area contributed by atoms with Crippen LogP contribution in [0.15, 0.2) is 46.4 Å². The second-order valence-electron chi connectivity index (χ2n) is 6.12. The Bertz CT molecular complexity index is 1060. The number of carbonyl (C=O) groups is 4. The predicted octanol–water partition coefficient (Wildman–Crippen LogP) is 2.48. The number of hydrogen-bond acceptors (Lipinski definition) is 6. The van der Waals surface area contributed by atoms with Crippen LogP contribution in [-0.4, -0.2) is 36.0 Å². The van der Waals surface area contributed by atoms with Gasteiger partial charge in [0.15, 0.2) is 11.5 Å². The van der Waals surface area contributed by atoms with Gasteiger partial charge in [0.05, 0.1) is 17.1 Å². The highest BCUT2D eigenvalue weighted by atomic mass is 79.9. The fraction of sp³-hybridized carbons (Fsp3) is 0.100. The van der Waals surface area contributed by atoms with Crippen molar-refractivity contribution in [1.82, 2.24) is 10.6 Å². The van der Waals surface area contributed by atoms with Gasteiger partial charge in [0.25, 0.3) is 11.8 Å². The van der Waals surface area contributed by atoms with Gasteiger partial charge in [0, 0.05) is 0 Å². The Kier molecular flexibility index (Phi) is 6.17. The van der Waals surface area contributed by atoms with Gasteiger partial charge in [-0.15, -0.1) is 0 Å². The monoisotopic (exact) mass is 474 g/mol. The van der Waals surface area contributed by atoms with Crippen molar-refractivity contribution in [1.29, 1.82) is 0 Å². The Labute approximate surface area is 178 Å². The van der Waals surface area contributed by atoms with Crippen molar-refractivity contribution in [2.45, 2.75) is 6.61 Å². The van der Waals surface area contributed by atoms with E-state index in [2.05, 4.69) is 15.9 Å². The molecule has 0 radical (unpaired) electrons. The molecule has 0 saturated carbocycles. The average molecular weight is 475 g/mol. The molecule has 30 heavy (non-hydrogen) atoms. The van der Waals surface area contributed by atoms with Crippen molar-refractivity contribution in [2.75, 3.05) is 7.11 Å². The molecule has 1 heterocycles. The van der Waals surface area contributed by atoms with Crippen LogP contribution in [0.25, 0.3) is 6.08 Å². The van der Waals surface area contributed by atoms with Crippen molar-refractivity contribution in [3.05, 3.63) is 63.1 Å². The smallest absolute Gasteiger partial charge is 0.335 e. The molecule has 1 saturated heterocycles. The molecule has 154 valence electrons. The van der Waals surface area contributed by atoms with Gasteiger partial charge in [-0.25, -0.2) is 9.59 Å². The summed E-state index contributed by atoms with van der Waals surface area (Å²) < 4.78 is 11.7. The lowest BCUT2D eigenvalue weighted by molar-refractivity contribution is -0.123. The maximum Gasteiger partial charge on any atom is 0.335 e. The molecule has 9 nitrogen and oxygen atoms in total. The molecule has 3 N–H and O–H groups in total. The van der Waals surface area contributed by atoms with Gasteiger partial charge >= 0.3 is 12.0 Å². The quantitative estimate of drug-likeness (QED) is 0.432. The first kappa shape index (κ1) is 21.1. The van der Waals surface area contributed by atoms with Crippen LogP contribution < -0.4 is 20.1 Å². The second kappa shape index (κ2) is 8.78. The van der Waals surface area contributed by atoms with E-state index < -0.39 is 23.8 Å². The predicted molar refractivity (Wildman–Crippen MR) is 108 cm³/mol. The number of imide groups is 2. The van der Waals surface area contributed by atoms with Crippen molar-refractivity contribution < 1.29 is 33.8 Å². The van der Waals surface area contributed by atoms with Gasteiger partial charge < -0.3 is 14.6 Å². The van der Waals surface area contributed by atoms with Crippen LogP contribution in [0.4, 0.5) is 4.79 Å². The lowest BCUT2D eigenvalue weighted by Gasteiger charge is -2.16. The van der Waals surface area contributed by atoms with E-state index in [-0.39, 0.29) is 17.7 Å². The molecule has 1 aliphatic heterocycles. The Morgan fingerprint density at radius 3 is 2.30 bits per heavy atom. The molecule has 2 aromatic carbocycles. The van der Waals surface area contributed by atoms with E-state index >= 15 is 0 Å². The van der Waals surface area contributed by atoms with E-state index in [1.165, 1.54) is 25.3 Å². The minimum Gasteiger partial charge on any atom is -0.493 e. The van der Waals surface area contributed by atoms with Crippen LogP contribution in [-0.2, 0) is 16.2 Å². The summed E-state index contributed by atoms with van der Waals surface area (Å²) in [5, 5.41) is 13.0. The number of amides is 4. The van der Waals surface area contributed by atoms with Gasteiger partial charge in [0.1, 0.15) is 12.2 Å². The molecule has 1 aliphatic rings. The van der Waals surface area contributed by atoms with Gasteiger partial charge in [-0.05, 0) is 57.4 Å². The van der Waals surface area contributed by atoms with Crippen LogP contribution in [0.2, 0.25) is 0 Å². The highest BCUT2D eigenvalue weighted by Crippen LogP contribution is 2.37. The van der Waals surface area contributed by atoms with E-state index in [0.29, 0.717) is 21.5 Å². The van der Waals surface area contributed by atoms with E-state index in [0.717, 1.165) is 5.56 Å². The van der Waals surface area contributed by atoms with E-state index in [9.17, 15) is 19.2 Å². The van der Waals surface area contributed by atoms with Crippen molar-refractivity contribution in [3.63, 3.8) is 0 Å². The van der Waals surface area contributed by atoms with Gasteiger partial charge in [-0.1, -0.05) is 12.1 Å². The number of carboxylic acid groups (broad SMARTS) is 1. The van der Waals surface area contributed by atoms with Gasteiger partial charge in [-0.3, -0.25) is 20.2 Å². The van der Waals surface area contributed by atoms with Crippen LogP contribution >= 0.6 is 15.9 Å². The zero-order valence-corrected chi connectivity index (χ0v) is 17.1. The van der Waals surface area contributed by atoms with Crippen LogP contribution in [0.5, 0.6) is 11.5 Å². The Morgan fingerprint density at radius 1 is 1.10 bits per heavy atom. The molecule has 10 heteroatoms. The summed E-state index contributed by atoms with van der Waals surface area (Å²) in [6, 6.07) is 8.56. The number of barbiturate groups is 1. The molecule has 2 aromatic rings. The standard InChI is InChI=1S/C20H15BrN2O7/c1-29-15-8-11(6-13-17(24)22-20(28)23-18(13)25)7-14(21)16(15)30-9-10-2-4-12(5-3-10)19(26)27/h2-8H,9H2,1H3,(H,26,27)(H2,22,23,24,25,28). The van der Waals surface area contributed by atoms with Crippen molar-refractivity contribution in [2.24, 2.45) is 0 Å². The molecule has 0 atom stereocenters.